The van der Waals surface area contributed by atoms with E-state index < -0.39 is 0 Å². The number of hydrogen-bond donors (Lipinski definition) is 0. The molecule has 3 aromatic heterocycles. The standard InChI is InChI=1S/C12H8Cl2N4/c1-7-3-2-4-9(16-7)10-5-11(14)18-12(17-10)8(13)6-15-18/h2-6H,1H3. The van der Waals surface area contributed by atoms with E-state index in [2.05, 4.69) is 15.1 Å². The van der Waals surface area contributed by atoms with E-state index in [1.54, 1.807) is 6.07 Å². The summed E-state index contributed by atoms with van der Waals surface area (Å²) in [5, 5.41) is 4.95. The van der Waals surface area contributed by atoms with Gasteiger partial charge in [0.05, 0.1) is 17.6 Å². The average molecular weight is 279 g/mol. The third-order valence-corrected chi connectivity index (χ3v) is 3.07. The lowest BCUT2D eigenvalue weighted by atomic mass is 10.2. The van der Waals surface area contributed by atoms with E-state index in [4.69, 9.17) is 23.2 Å². The highest BCUT2D eigenvalue weighted by Gasteiger charge is 2.10. The highest BCUT2D eigenvalue weighted by Crippen LogP contribution is 2.24. The Labute approximate surface area is 113 Å². The summed E-state index contributed by atoms with van der Waals surface area (Å²) >= 11 is 12.1. The minimum Gasteiger partial charge on any atom is -0.251 e. The van der Waals surface area contributed by atoms with Gasteiger partial charge in [0.2, 0.25) is 0 Å². The molecule has 0 aliphatic heterocycles. The van der Waals surface area contributed by atoms with Crippen LogP contribution in [0.4, 0.5) is 0 Å². The lowest BCUT2D eigenvalue weighted by Gasteiger charge is -2.04. The Kier molecular flexibility index (Phi) is 2.69. The van der Waals surface area contributed by atoms with E-state index in [-0.39, 0.29) is 0 Å². The Morgan fingerprint density at radius 2 is 1.94 bits per heavy atom. The van der Waals surface area contributed by atoms with Gasteiger partial charge in [0.15, 0.2) is 5.65 Å². The Morgan fingerprint density at radius 1 is 1.11 bits per heavy atom. The fourth-order valence-corrected chi connectivity index (χ4v) is 2.11. The molecule has 0 aliphatic carbocycles. The van der Waals surface area contributed by atoms with Crippen molar-refractivity contribution in [1.29, 1.82) is 0 Å². The molecule has 3 rings (SSSR count). The molecule has 3 aromatic rings. The first kappa shape index (κ1) is 11.4. The molecule has 0 aliphatic rings. The summed E-state index contributed by atoms with van der Waals surface area (Å²) in [4.78, 5) is 8.84. The van der Waals surface area contributed by atoms with E-state index in [0.29, 0.717) is 21.5 Å². The molecule has 0 amide bonds. The normalized spacial score (nSPS) is 11.1. The largest absolute Gasteiger partial charge is 0.251 e. The van der Waals surface area contributed by atoms with Gasteiger partial charge in [-0.25, -0.2) is 9.50 Å². The van der Waals surface area contributed by atoms with Crippen LogP contribution in [0.15, 0.2) is 30.5 Å². The fraction of sp³-hybridized carbons (Fsp3) is 0.0833. The van der Waals surface area contributed by atoms with Crippen LogP contribution >= 0.6 is 23.2 Å². The molecule has 3 heterocycles. The third-order valence-electron chi connectivity index (χ3n) is 2.54. The molecule has 0 unspecified atom stereocenters. The first-order valence-electron chi connectivity index (χ1n) is 5.29. The van der Waals surface area contributed by atoms with Crippen molar-refractivity contribution in [1.82, 2.24) is 19.6 Å². The van der Waals surface area contributed by atoms with Crippen molar-refractivity contribution in [2.75, 3.05) is 0 Å². The highest BCUT2D eigenvalue weighted by molar-refractivity contribution is 6.34. The van der Waals surface area contributed by atoms with Crippen molar-refractivity contribution in [3.63, 3.8) is 0 Å². The molecule has 0 saturated heterocycles. The predicted molar refractivity (Wildman–Crippen MR) is 71.0 cm³/mol. The first-order valence-corrected chi connectivity index (χ1v) is 6.04. The van der Waals surface area contributed by atoms with Crippen molar-refractivity contribution in [3.05, 3.63) is 46.3 Å². The lowest BCUT2D eigenvalue weighted by Crippen LogP contribution is -1.96. The maximum absolute atomic E-state index is 6.14. The SMILES string of the molecule is Cc1cccc(-c2cc(Cl)n3ncc(Cl)c3n2)n1. The number of fused-ring (bicyclic) bond motifs is 1. The second-order valence-corrected chi connectivity index (χ2v) is 4.65. The molecule has 0 atom stereocenters. The Hall–Kier alpha value is -1.65. The van der Waals surface area contributed by atoms with Gasteiger partial charge in [-0.3, -0.25) is 4.98 Å². The Bertz CT molecular complexity index is 736. The molecule has 18 heavy (non-hydrogen) atoms. The summed E-state index contributed by atoms with van der Waals surface area (Å²) in [6, 6.07) is 7.46. The number of aryl methyl sites for hydroxylation is 1. The van der Waals surface area contributed by atoms with Gasteiger partial charge in [-0.05, 0) is 19.1 Å². The van der Waals surface area contributed by atoms with E-state index in [9.17, 15) is 0 Å². The summed E-state index contributed by atoms with van der Waals surface area (Å²) < 4.78 is 1.49. The first-order chi connectivity index (χ1) is 8.65. The fourth-order valence-electron chi connectivity index (χ4n) is 1.72. The van der Waals surface area contributed by atoms with Crippen LogP contribution < -0.4 is 0 Å². The van der Waals surface area contributed by atoms with Crippen LogP contribution in [0.2, 0.25) is 10.2 Å². The van der Waals surface area contributed by atoms with E-state index in [1.165, 1.54) is 10.7 Å². The number of halogens is 2. The Morgan fingerprint density at radius 3 is 2.72 bits per heavy atom. The molecule has 0 radical (unpaired) electrons. The Balaban J connectivity index is 2.27. The van der Waals surface area contributed by atoms with Gasteiger partial charge in [-0.15, -0.1) is 0 Å². The summed E-state index contributed by atoms with van der Waals surface area (Å²) in [6.07, 6.45) is 1.52. The molecular weight excluding hydrogens is 271 g/mol. The van der Waals surface area contributed by atoms with Crippen molar-refractivity contribution < 1.29 is 0 Å². The zero-order valence-corrected chi connectivity index (χ0v) is 10.9. The maximum Gasteiger partial charge on any atom is 0.176 e. The van der Waals surface area contributed by atoms with Crippen LogP contribution in [0.25, 0.3) is 17.0 Å². The predicted octanol–water partition coefficient (Wildman–Crippen LogP) is 3.41. The average Bonchev–Trinajstić information content (AvgIpc) is 2.72. The number of nitrogens with zero attached hydrogens (tertiary/aromatic N) is 4. The number of rotatable bonds is 1. The summed E-state index contributed by atoms with van der Waals surface area (Å²) in [5.41, 5.74) is 2.89. The molecule has 6 heteroatoms. The van der Waals surface area contributed by atoms with E-state index >= 15 is 0 Å². The molecule has 0 N–H and O–H groups in total. The van der Waals surface area contributed by atoms with Crippen LogP contribution in [-0.2, 0) is 0 Å². The molecule has 90 valence electrons. The van der Waals surface area contributed by atoms with Crippen molar-refractivity contribution in [3.8, 4) is 11.4 Å². The number of aromatic nitrogens is 4. The summed E-state index contributed by atoms with van der Waals surface area (Å²) in [7, 11) is 0. The number of pyridine rings is 1. The van der Waals surface area contributed by atoms with E-state index in [0.717, 1.165) is 11.4 Å². The van der Waals surface area contributed by atoms with Crippen LogP contribution in [0, 0.1) is 6.92 Å². The molecule has 0 aromatic carbocycles. The summed E-state index contributed by atoms with van der Waals surface area (Å²) in [6.45, 7) is 1.93. The van der Waals surface area contributed by atoms with Gasteiger partial charge in [0.25, 0.3) is 0 Å². The molecule has 0 bridgehead atoms. The highest BCUT2D eigenvalue weighted by atomic mass is 35.5. The van der Waals surface area contributed by atoms with Crippen LogP contribution in [0.5, 0.6) is 0 Å². The van der Waals surface area contributed by atoms with Crippen molar-refractivity contribution in [2.24, 2.45) is 0 Å². The molecule has 4 nitrogen and oxygen atoms in total. The van der Waals surface area contributed by atoms with Crippen LogP contribution in [0.1, 0.15) is 5.69 Å². The van der Waals surface area contributed by atoms with Gasteiger partial charge in [-0.2, -0.15) is 5.10 Å². The van der Waals surface area contributed by atoms with Gasteiger partial charge < -0.3 is 0 Å². The molecular formula is C12H8Cl2N4. The second kappa shape index (κ2) is 4.23. The minimum absolute atomic E-state index is 0.449. The minimum atomic E-state index is 0.449. The third kappa shape index (κ3) is 1.83. The van der Waals surface area contributed by atoms with Gasteiger partial charge in [0.1, 0.15) is 10.2 Å². The zero-order valence-electron chi connectivity index (χ0n) is 9.43. The van der Waals surface area contributed by atoms with E-state index in [1.807, 2.05) is 25.1 Å². The topological polar surface area (TPSA) is 43.1 Å². The zero-order chi connectivity index (χ0) is 12.7. The van der Waals surface area contributed by atoms with Crippen LogP contribution in [-0.4, -0.2) is 19.6 Å². The molecule has 0 fully saturated rings. The number of hydrogen-bond acceptors (Lipinski definition) is 3. The molecule has 0 saturated carbocycles. The summed E-state index contributed by atoms with van der Waals surface area (Å²) in [5.74, 6) is 0. The molecule has 0 spiro atoms. The maximum atomic E-state index is 6.14. The quantitative estimate of drug-likeness (QED) is 0.641. The van der Waals surface area contributed by atoms with Gasteiger partial charge >= 0.3 is 0 Å². The second-order valence-electron chi connectivity index (χ2n) is 3.86. The van der Waals surface area contributed by atoms with Gasteiger partial charge in [-0.1, -0.05) is 29.3 Å². The van der Waals surface area contributed by atoms with Crippen LogP contribution in [0.3, 0.4) is 0 Å². The van der Waals surface area contributed by atoms with Gasteiger partial charge in [0, 0.05) is 11.8 Å². The lowest BCUT2D eigenvalue weighted by molar-refractivity contribution is 0.940. The smallest absolute Gasteiger partial charge is 0.176 e. The monoisotopic (exact) mass is 278 g/mol. The van der Waals surface area contributed by atoms with Crippen molar-refractivity contribution in [2.45, 2.75) is 6.92 Å². The van der Waals surface area contributed by atoms with Crippen molar-refractivity contribution >= 4 is 28.8 Å².